The van der Waals surface area contributed by atoms with E-state index in [1.165, 1.54) is 0 Å². The van der Waals surface area contributed by atoms with Gasteiger partial charge in [-0.05, 0) is 17.7 Å². The van der Waals surface area contributed by atoms with Gasteiger partial charge in [0.1, 0.15) is 5.78 Å². The predicted octanol–water partition coefficient (Wildman–Crippen LogP) is 2.84. The Labute approximate surface area is 110 Å². The Kier molecular flexibility index (Phi) is 4.10. The number of ketones is 1. The van der Waals surface area contributed by atoms with Crippen LogP contribution in [0.4, 0.5) is 0 Å². The van der Waals surface area contributed by atoms with Crippen LogP contribution in [0.2, 0.25) is 5.02 Å². The van der Waals surface area contributed by atoms with Crippen molar-refractivity contribution >= 4 is 17.4 Å². The molecule has 5 heteroatoms. The Morgan fingerprint density at radius 1 is 1.44 bits per heavy atom. The monoisotopic (exact) mass is 264 g/mol. The van der Waals surface area contributed by atoms with E-state index >= 15 is 0 Å². The summed E-state index contributed by atoms with van der Waals surface area (Å²) in [5.41, 5.74) is 1.01. The lowest BCUT2D eigenvalue weighted by Gasteiger charge is -1.96. The smallest absolute Gasteiger partial charge is 0.234 e. The van der Waals surface area contributed by atoms with Crippen molar-refractivity contribution in [2.24, 2.45) is 0 Å². The molecule has 0 fully saturated rings. The number of carbonyl (C=O) groups excluding carboxylic acids is 1. The number of Topliss-reactive ketones (excluding diaryl/α,β-unsaturated/α-hetero) is 1. The van der Waals surface area contributed by atoms with Crippen LogP contribution in [0.1, 0.15) is 30.6 Å². The summed E-state index contributed by atoms with van der Waals surface area (Å²) in [5.74, 6) is 1.03. The fourth-order valence-corrected chi connectivity index (χ4v) is 1.77. The first-order valence-corrected chi connectivity index (χ1v) is 6.12. The van der Waals surface area contributed by atoms with Gasteiger partial charge in [0.05, 0.1) is 6.42 Å². The van der Waals surface area contributed by atoms with Gasteiger partial charge in [-0.15, -0.1) is 0 Å². The Balaban J connectivity index is 2.04. The molecule has 0 bridgehead atoms. The van der Waals surface area contributed by atoms with Gasteiger partial charge in [-0.3, -0.25) is 4.79 Å². The maximum absolute atomic E-state index is 11.2. The number of hydrogen-bond acceptors (Lipinski definition) is 4. The van der Waals surface area contributed by atoms with Gasteiger partial charge in [0.15, 0.2) is 5.82 Å². The lowest BCUT2D eigenvalue weighted by molar-refractivity contribution is -0.118. The third-order valence-corrected chi connectivity index (χ3v) is 2.74. The standard InChI is InChI=1S/C13H13ClN2O2/c1-2-11(17)8-13-15-12(16-18-13)7-9-4-3-5-10(14)6-9/h3-6H,2,7-8H2,1H3. The molecule has 0 saturated carbocycles. The molecule has 0 N–H and O–H groups in total. The maximum atomic E-state index is 11.2. The van der Waals surface area contributed by atoms with Crippen LogP contribution in [0.3, 0.4) is 0 Å². The average molecular weight is 265 g/mol. The predicted molar refractivity (Wildman–Crippen MR) is 67.6 cm³/mol. The molecular formula is C13H13ClN2O2. The minimum Gasteiger partial charge on any atom is -0.339 e. The van der Waals surface area contributed by atoms with E-state index in [2.05, 4.69) is 10.1 Å². The highest BCUT2D eigenvalue weighted by molar-refractivity contribution is 6.30. The van der Waals surface area contributed by atoms with Crippen LogP contribution in [0, 0.1) is 0 Å². The molecule has 0 radical (unpaired) electrons. The Morgan fingerprint density at radius 3 is 3.00 bits per heavy atom. The number of nitrogens with zero attached hydrogens (tertiary/aromatic N) is 2. The molecule has 2 aromatic rings. The molecule has 0 atom stereocenters. The van der Waals surface area contributed by atoms with E-state index in [-0.39, 0.29) is 12.2 Å². The molecule has 2 rings (SSSR count). The largest absolute Gasteiger partial charge is 0.339 e. The van der Waals surface area contributed by atoms with E-state index in [4.69, 9.17) is 16.1 Å². The number of rotatable bonds is 5. The first-order chi connectivity index (χ1) is 8.67. The quantitative estimate of drug-likeness (QED) is 0.833. The van der Waals surface area contributed by atoms with Crippen LogP contribution in [-0.4, -0.2) is 15.9 Å². The molecular weight excluding hydrogens is 252 g/mol. The summed E-state index contributed by atoms with van der Waals surface area (Å²) >= 11 is 5.90. The Hall–Kier alpha value is -1.68. The molecule has 94 valence electrons. The molecule has 0 saturated heterocycles. The molecule has 0 aliphatic heterocycles. The first-order valence-electron chi connectivity index (χ1n) is 5.75. The van der Waals surface area contributed by atoms with E-state index < -0.39 is 0 Å². The van der Waals surface area contributed by atoms with Crippen molar-refractivity contribution in [3.8, 4) is 0 Å². The van der Waals surface area contributed by atoms with Crippen molar-refractivity contribution in [2.45, 2.75) is 26.2 Å². The normalized spacial score (nSPS) is 10.6. The second kappa shape index (κ2) is 5.78. The van der Waals surface area contributed by atoms with Crippen LogP contribution >= 0.6 is 11.6 Å². The molecule has 1 aromatic heterocycles. The molecule has 18 heavy (non-hydrogen) atoms. The molecule has 0 aliphatic carbocycles. The van der Waals surface area contributed by atoms with Crippen LogP contribution in [-0.2, 0) is 17.6 Å². The summed E-state index contributed by atoms with van der Waals surface area (Å²) in [6.07, 6.45) is 1.23. The molecule has 0 spiro atoms. The topological polar surface area (TPSA) is 56.0 Å². The maximum Gasteiger partial charge on any atom is 0.234 e. The third kappa shape index (κ3) is 3.40. The highest BCUT2D eigenvalue weighted by Crippen LogP contribution is 2.13. The molecule has 1 aromatic carbocycles. The fraction of sp³-hybridized carbons (Fsp3) is 0.308. The van der Waals surface area contributed by atoms with Gasteiger partial charge in [0, 0.05) is 17.9 Å². The average Bonchev–Trinajstić information content (AvgIpc) is 2.76. The van der Waals surface area contributed by atoms with Crippen molar-refractivity contribution in [1.82, 2.24) is 10.1 Å². The third-order valence-electron chi connectivity index (χ3n) is 2.50. The second-order valence-corrected chi connectivity index (χ2v) is 4.42. The molecule has 4 nitrogen and oxygen atoms in total. The number of hydrogen-bond donors (Lipinski definition) is 0. The number of halogens is 1. The Bertz CT molecular complexity index is 551. The van der Waals surface area contributed by atoms with Crippen LogP contribution < -0.4 is 0 Å². The van der Waals surface area contributed by atoms with Crippen LogP contribution in [0.15, 0.2) is 28.8 Å². The lowest BCUT2D eigenvalue weighted by Crippen LogP contribution is -2.00. The van der Waals surface area contributed by atoms with Gasteiger partial charge in [0.2, 0.25) is 5.89 Å². The lowest BCUT2D eigenvalue weighted by atomic mass is 10.1. The van der Waals surface area contributed by atoms with Crippen molar-refractivity contribution in [3.05, 3.63) is 46.6 Å². The van der Waals surface area contributed by atoms with Gasteiger partial charge in [-0.25, -0.2) is 0 Å². The summed E-state index contributed by atoms with van der Waals surface area (Å²) in [4.78, 5) is 15.4. The van der Waals surface area contributed by atoms with Gasteiger partial charge < -0.3 is 4.52 Å². The zero-order chi connectivity index (χ0) is 13.0. The molecule has 1 heterocycles. The zero-order valence-electron chi connectivity index (χ0n) is 10.0. The van der Waals surface area contributed by atoms with E-state index in [1.54, 1.807) is 0 Å². The van der Waals surface area contributed by atoms with E-state index in [9.17, 15) is 4.79 Å². The zero-order valence-corrected chi connectivity index (χ0v) is 10.8. The molecule has 0 aliphatic rings. The molecule has 0 amide bonds. The first kappa shape index (κ1) is 12.8. The second-order valence-electron chi connectivity index (χ2n) is 3.98. The minimum atomic E-state index is 0.0907. The van der Waals surface area contributed by atoms with E-state index in [0.29, 0.717) is 29.6 Å². The summed E-state index contributed by atoms with van der Waals surface area (Å²) in [7, 11) is 0. The summed E-state index contributed by atoms with van der Waals surface area (Å²) in [6.45, 7) is 1.81. The van der Waals surface area contributed by atoms with E-state index in [0.717, 1.165) is 5.56 Å². The fourth-order valence-electron chi connectivity index (χ4n) is 1.56. The number of benzene rings is 1. The highest BCUT2D eigenvalue weighted by atomic mass is 35.5. The number of aromatic nitrogens is 2. The van der Waals surface area contributed by atoms with Crippen molar-refractivity contribution < 1.29 is 9.32 Å². The summed E-state index contributed by atoms with van der Waals surface area (Å²) in [6, 6.07) is 7.49. The van der Waals surface area contributed by atoms with Gasteiger partial charge in [0.25, 0.3) is 0 Å². The van der Waals surface area contributed by atoms with Gasteiger partial charge in [-0.1, -0.05) is 35.8 Å². The van der Waals surface area contributed by atoms with E-state index in [1.807, 2.05) is 31.2 Å². The number of carbonyl (C=O) groups is 1. The van der Waals surface area contributed by atoms with Crippen LogP contribution in [0.25, 0.3) is 0 Å². The minimum absolute atomic E-state index is 0.0907. The van der Waals surface area contributed by atoms with Gasteiger partial charge in [-0.2, -0.15) is 4.98 Å². The van der Waals surface area contributed by atoms with Crippen molar-refractivity contribution in [2.75, 3.05) is 0 Å². The van der Waals surface area contributed by atoms with Gasteiger partial charge >= 0.3 is 0 Å². The summed E-state index contributed by atoms with van der Waals surface area (Å²) < 4.78 is 5.02. The van der Waals surface area contributed by atoms with Crippen molar-refractivity contribution in [3.63, 3.8) is 0 Å². The molecule has 0 unspecified atom stereocenters. The highest BCUT2D eigenvalue weighted by Gasteiger charge is 2.10. The summed E-state index contributed by atoms with van der Waals surface area (Å²) in [5, 5.41) is 4.53. The van der Waals surface area contributed by atoms with Crippen molar-refractivity contribution in [1.29, 1.82) is 0 Å². The Morgan fingerprint density at radius 2 is 2.28 bits per heavy atom. The van der Waals surface area contributed by atoms with Crippen LogP contribution in [0.5, 0.6) is 0 Å². The SMILES string of the molecule is CCC(=O)Cc1nc(Cc2cccc(Cl)c2)no1.